The zero-order valence-electron chi connectivity index (χ0n) is 12.0. The molecule has 0 saturated carbocycles. The van der Waals surface area contributed by atoms with Crippen molar-refractivity contribution in [3.8, 4) is 5.75 Å². The summed E-state index contributed by atoms with van der Waals surface area (Å²) in [6.07, 6.45) is 1.61. The SMILES string of the molecule is Cc1[nH]c2ccc(O)cc2c1CCN.O=C([O-])C=CC(=O)[O-]. The second-order valence-corrected chi connectivity index (χ2v) is 4.47. The Morgan fingerprint density at radius 1 is 1.27 bits per heavy atom. The lowest BCUT2D eigenvalue weighted by Crippen LogP contribution is -2.23. The van der Waals surface area contributed by atoms with Gasteiger partial charge in [-0.05, 0) is 55.8 Å². The highest BCUT2D eigenvalue weighted by Crippen LogP contribution is 2.25. The van der Waals surface area contributed by atoms with Gasteiger partial charge in [0.25, 0.3) is 0 Å². The zero-order valence-corrected chi connectivity index (χ0v) is 12.0. The van der Waals surface area contributed by atoms with Crippen LogP contribution in [0.3, 0.4) is 0 Å². The predicted octanol–water partition coefficient (Wildman–Crippen LogP) is -1.27. The maximum atomic E-state index is 9.41. The fraction of sp³-hybridized carbons (Fsp3) is 0.200. The molecule has 7 heteroatoms. The van der Waals surface area contributed by atoms with Gasteiger partial charge in [0.15, 0.2) is 0 Å². The van der Waals surface area contributed by atoms with Crippen molar-refractivity contribution in [2.24, 2.45) is 5.73 Å². The number of fused-ring (bicyclic) bond motifs is 1. The molecular formula is C15H16N2O5-2. The van der Waals surface area contributed by atoms with E-state index in [1.807, 2.05) is 13.0 Å². The predicted molar refractivity (Wildman–Crippen MR) is 76.6 cm³/mol. The molecule has 1 aromatic heterocycles. The summed E-state index contributed by atoms with van der Waals surface area (Å²) in [5.74, 6) is -2.79. The lowest BCUT2D eigenvalue weighted by atomic mass is 10.1. The summed E-state index contributed by atoms with van der Waals surface area (Å²) in [5.41, 5.74) is 8.94. The van der Waals surface area contributed by atoms with E-state index in [1.54, 1.807) is 12.1 Å². The number of aromatic nitrogens is 1. The van der Waals surface area contributed by atoms with Gasteiger partial charge in [-0.25, -0.2) is 0 Å². The van der Waals surface area contributed by atoms with Crippen molar-refractivity contribution in [3.63, 3.8) is 0 Å². The second-order valence-electron chi connectivity index (χ2n) is 4.47. The van der Waals surface area contributed by atoms with Crippen molar-refractivity contribution in [2.45, 2.75) is 13.3 Å². The molecule has 118 valence electrons. The number of phenolic OH excluding ortho intramolecular Hbond substituents is 1. The highest BCUT2D eigenvalue weighted by atomic mass is 16.4. The van der Waals surface area contributed by atoms with E-state index < -0.39 is 11.9 Å². The summed E-state index contributed by atoms with van der Waals surface area (Å²) in [6.45, 7) is 2.66. The van der Waals surface area contributed by atoms with Crippen molar-refractivity contribution in [1.82, 2.24) is 4.98 Å². The lowest BCUT2D eigenvalue weighted by molar-refractivity contribution is -0.301. The Hall–Kier alpha value is -2.80. The number of benzene rings is 1. The van der Waals surface area contributed by atoms with E-state index in [2.05, 4.69) is 4.98 Å². The van der Waals surface area contributed by atoms with E-state index in [4.69, 9.17) is 5.73 Å². The number of phenols is 1. The average molecular weight is 304 g/mol. The van der Waals surface area contributed by atoms with Gasteiger partial charge in [0, 0.05) is 16.6 Å². The molecule has 0 radical (unpaired) electrons. The van der Waals surface area contributed by atoms with Crippen LogP contribution in [-0.2, 0) is 16.0 Å². The minimum atomic E-state index is -1.55. The third kappa shape index (κ3) is 4.95. The largest absolute Gasteiger partial charge is 0.545 e. The van der Waals surface area contributed by atoms with Crippen molar-refractivity contribution < 1.29 is 24.9 Å². The molecule has 1 heterocycles. The van der Waals surface area contributed by atoms with Gasteiger partial charge in [-0.1, -0.05) is 0 Å². The molecule has 22 heavy (non-hydrogen) atoms. The van der Waals surface area contributed by atoms with Gasteiger partial charge < -0.3 is 35.6 Å². The molecule has 7 nitrogen and oxygen atoms in total. The normalized spacial score (nSPS) is 10.5. The molecular weight excluding hydrogens is 288 g/mol. The number of hydrogen-bond donors (Lipinski definition) is 3. The summed E-state index contributed by atoms with van der Waals surface area (Å²) >= 11 is 0. The Kier molecular flexibility index (Phi) is 6.15. The van der Waals surface area contributed by atoms with Gasteiger partial charge in [-0.15, -0.1) is 0 Å². The summed E-state index contributed by atoms with van der Waals surface area (Å²) in [4.78, 5) is 22.1. The fourth-order valence-electron chi connectivity index (χ4n) is 1.97. The van der Waals surface area contributed by atoms with Crippen LogP contribution in [0.2, 0.25) is 0 Å². The number of nitrogens with one attached hydrogen (secondary N) is 1. The van der Waals surface area contributed by atoms with E-state index in [1.165, 1.54) is 5.56 Å². The van der Waals surface area contributed by atoms with Crippen LogP contribution in [0.1, 0.15) is 11.3 Å². The van der Waals surface area contributed by atoms with Crippen molar-refractivity contribution in [3.05, 3.63) is 41.6 Å². The van der Waals surface area contributed by atoms with Crippen LogP contribution in [0.25, 0.3) is 10.9 Å². The first-order valence-electron chi connectivity index (χ1n) is 6.45. The Balaban J connectivity index is 0.000000261. The topological polar surface area (TPSA) is 142 Å². The zero-order chi connectivity index (χ0) is 16.7. The van der Waals surface area contributed by atoms with Crippen molar-refractivity contribution in [2.75, 3.05) is 6.54 Å². The smallest absolute Gasteiger partial charge is 0.116 e. The van der Waals surface area contributed by atoms with Crippen LogP contribution in [0.15, 0.2) is 30.4 Å². The van der Waals surface area contributed by atoms with E-state index in [9.17, 15) is 24.9 Å². The van der Waals surface area contributed by atoms with Crippen molar-refractivity contribution >= 4 is 22.8 Å². The first-order chi connectivity index (χ1) is 10.3. The molecule has 0 fully saturated rings. The number of carbonyl (C=O) groups is 2. The van der Waals surface area contributed by atoms with Crippen LogP contribution >= 0.6 is 0 Å². The number of aliphatic carboxylic acids is 2. The van der Waals surface area contributed by atoms with E-state index in [0.717, 1.165) is 23.0 Å². The van der Waals surface area contributed by atoms with Gasteiger partial charge in [-0.2, -0.15) is 0 Å². The summed E-state index contributed by atoms with van der Waals surface area (Å²) in [7, 11) is 0. The number of aryl methyl sites for hydroxylation is 1. The molecule has 2 rings (SSSR count). The number of carboxylic acids is 2. The van der Waals surface area contributed by atoms with Gasteiger partial charge in [0.05, 0.1) is 11.9 Å². The Morgan fingerprint density at radius 2 is 1.86 bits per heavy atom. The Morgan fingerprint density at radius 3 is 2.36 bits per heavy atom. The number of rotatable bonds is 4. The average Bonchev–Trinajstić information content (AvgIpc) is 2.74. The van der Waals surface area contributed by atoms with Crippen LogP contribution in [-0.4, -0.2) is 28.6 Å². The standard InChI is InChI=1S/C11H14N2O.C4H4O4/c1-7-9(4-5-12)10-6-8(14)2-3-11(10)13-7;5-3(6)1-2-4(7)8/h2-3,6,13-14H,4-5,12H2,1H3;1-2H,(H,5,6)(H,7,8)/p-2. The summed E-state index contributed by atoms with van der Waals surface area (Å²) < 4.78 is 0. The van der Waals surface area contributed by atoms with Gasteiger partial charge in [-0.3, -0.25) is 0 Å². The lowest BCUT2D eigenvalue weighted by Gasteiger charge is -1.98. The minimum Gasteiger partial charge on any atom is -0.545 e. The van der Waals surface area contributed by atoms with Crippen molar-refractivity contribution in [1.29, 1.82) is 0 Å². The molecule has 4 N–H and O–H groups in total. The van der Waals surface area contributed by atoms with E-state index >= 15 is 0 Å². The number of aromatic hydroxyl groups is 1. The summed E-state index contributed by atoms with van der Waals surface area (Å²) in [6, 6.07) is 5.35. The molecule has 0 aliphatic carbocycles. The third-order valence-corrected chi connectivity index (χ3v) is 2.85. The quantitative estimate of drug-likeness (QED) is 0.601. The van der Waals surface area contributed by atoms with Crippen LogP contribution in [0.5, 0.6) is 5.75 Å². The van der Waals surface area contributed by atoms with E-state index in [0.29, 0.717) is 24.4 Å². The maximum absolute atomic E-state index is 9.41. The monoisotopic (exact) mass is 304 g/mol. The third-order valence-electron chi connectivity index (χ3n) is 2.85. The molecule has 2 aromatic rings. The Bertz CT molecular complexity index is 687. The molecule has 0 unspecified atom stereocenters. The molecule has 0 spiro atoms. The van der Waals surface area contributed by atoms with Crippen LogP contribution < -0.4 is 15.9 Å². The maximum Gasteiger partial charge on any atom is 0.116 e. The van der Waals surface area contributed by atoms with Gasteiger partial charge in [0.2, 0.25) is 0 Å². The number of carboxylic acid groups (broad SMARTS) is 2. The highest BCUT2D eigenvalue weighted by Gasteiger charge is 2.07. The molecule has 0 saturated heterocycles. The number of H-pyrrole nitrogens is 1. The number of nitrogens with two attached hydrogens (primary N) is 1. The molecule has 0 amide bonds. The number of carbonyl (C=O) groups excluding carboxylic acids is 2. The first kappa shape index (κ1) is 17.3. The highest BCUT2D eigenvalue weighted by molar-refractivity contribution is 5.87. The summed E-state index contributed by atoms with van der Waals surface area (Å²) in [5, 5.41) is 29.3. The first-order valence-corrected chi connectivity index (χ1v) is 6.45. The fourth-order valence-corrected chi connectivity index (χ4v) is 1.97. The molecule has 0 aliphatic rings. The Labute approximate surface area is 126 Å². The molecule has 0 atom stereocenters. The molecule has 0 aliphatic heterocycles. The van der Waals surface area contributed by atoms with Gasteiger partial charge >= 0.3 is 0 Å². The van der Waals surface area contributed by atoms with Gasteiger partial charge in [0.1, 0.15) is 5.75 Å². The second kappa shape index (κ2) is 7.84. The van der Waals surface area contributed by atoms with Crippen LogP contribution in [0.4, 0.5) is 0 Å². The van der Waals surface area contributed by atoms with E-state index in [-0.39, 0.29) is 0 Å². The number of aromatic amines is 1. The minimum absolute atomic E-state index is 0.301. The van der Waals surface area contributed by atoms with Crippen LogP contribution in [0, 0.1) is 6.92 Å². The molecule has 1 aromatic carbocycles. The number of hydrogen-bond acceptors (Lipinski definition) is 6. The molecule has 0 bridgehead atoms.